The van der Waals surface area contributed by atoms with Crippen molar-refractivity contribution in [2.75, 3.05) is 17.2 Å². The number of aromatic nitrogens is 2. The summed E-state index contributed by atoms with van der Waals surface area (Å²) in [6, 6.07) is 15.4. The van der Waals surface area contributed by atoms with Gasteiger partial charge in [-0.15, -0.1) is 0 Å². The number of carbonyl (C=O) groups is 2. The van der Waals surface area contributed by atoms with Crippen molar-refractivity contribution in [1.82, 2.24) is 15.3 Å². The normalized spacial score (nSPS) is 10.6. The Kier molecular flexibility index (Phi) is 5.90. The summed E-state index contributed by atoms with van der Waals surface area (Å²) in [6.45, 7) is 3.88. The molecule has 0 aliphatic heterocycles. The van der Waals surface area contributed by atoms with E-state index in [0.29, 0.717) is 11.7 Å². The highest BCUT2D eigenvalue weighted by atomic mass is 32.1. The highest BCUT2D eigenvalue weighted by Crippen LogP contribution is 2.38. The Morgan fingerprint density at radius 1 is 1.00 bits per heavy atom. The lowest BCUT2D eigenvalue weighted by Gasteiger charge is -2.09. The molecule has 0 saturated heterocycles. The zero-order valence-electron chi connectivity index (χ0n) is 17.1. The quantitative estimate of drug-likeness (QED) is 0.408. The van der Waals surface area contributed by atoms with E-state index in [1.54, 1.807) is 6.20 Å². The van der Waals surface area contributed by atoms with Crippen LogP contribution < -0.4 is 16.0 Å². The van der Waals surface area contributed by atoms with Crippen molar-refractivity contribution in [3.05, 3.63) is 60.9 Å². The van der Waals surface area contributed by atoms with E-state index in [9.17, 15) is 9.59 Å². The van der Waals surface area contributed by atoms with Gasteiger partial charge in [-0.05, 0) is 48.4 Å². The molecular weight excluding hydrogens is 410 g/mol. The summed E-state index contributed by atoms with van der Waals surface area (Å²) in [7, 11) is 0. The second kappa shape index (κ2) is 8.93. The monoisotopic (exact) mass is 431 g/mol. The maximum Gasteiger partial charge on any atom is 0.321 e. The van der Waals surface area contributed by atoms with Crippen LogP contribution in [0.4, 0.5) is 15.6 Å². The molecule has 2 heterocycles. The molecule has 2 aromatic carbocycles. The number of anilines is 2. The van der Waals surface area contributed by atoms with Gasteiger partial charge in [-0.2, -0.15) is 0 Å². The zero-order chi connectivity index (χ0) is 21.8. The van der Waals surface area contributed by atoms with E-state index in [1.807, 2.05) is 55.6 Å². The number of hydrogen-bond acceptors (Lipinski definition) is 5. The Bertz CT molecular complexity index is 1240. The molecule has 0 aliphatic rings. The zero-order valence-corrected chi connectivity index (χ0v) is 17.9. The SMILES string of the molecule is CCNC(=O)Nc1nc2cc(-c3ccc(NC(C)=O)cc3)cc(-c3cccnc3)c2s1. The molecule has 8 heteroatoms. The van der Waals surface area contributed by atoms with E-state index in [1.165, 1.54) is 18.3 Å². The van der Waals surface area contributed by atoms with Crippen molar-refractivity contribution in [3.8, 4) is 22.3 Å². The third-order valence-corrected chi connectivity index (χ3v) is 5.58. The number of urea groups is 1. The van der Waals surface area contributed by atoms with Gasteiger partial charge in [0.25, 0.3) is 0 Å². The van der Waals surface area contributed by atoms with Crippen LogP contribution in [0.2, 0.25) is 0 Å². The van der Waals surface area contributed by atoms with Gasteiger partial charge in [0, 0.05) is 42.7 Å². The molecule has 0 saturated carbocycles. The van der Waals surface area contributed by atoms with Gasteiger partial charge in [0.1, 0.15) is 0 Å². The Labute approximate surface area is 183 Å². The van der Waals surface area contributed by atoms with E-state index < -0.39 is 0 Å². The van der Waals surface area contributed by atoms with Crippen molar-refractivity contribution in [2.24, 2.45) is 0 Å². The summed E-state index contributed by atoms with van der Waals surface area (Å²) in [5.74, 6) is -0.109. The minimum absolute atomic E-state index is 0.109. The third kappa shape index (κ3) is 4.70. The largest absolute Gasteiger partial charge is 0.338 e. The maximum absolute atomic E-state index is 11.9. The predicted molar refractivity (Wildman–Crippen MR) is 125 cm³/mol. The molecule has 0 unspecified atom stereocenters. The molecule has 3 N–H and O–H groups in total. The maximum atomic E-state index is 11.9. The van der Waals surface area contributed by atoms with E-state index in [4.69, 9.17) is 0 Å². The van der Waals surface area contributed by atoms with Gasteiger partial charge in [0.2, 0.25) is 5.91 Å². The highest BCUT2D eigenvalue weighted by Gasteiger charge is 2.14. The number of pyridine rings is 1. The molecule has 0 radical (unpaired) electrons. The molecule has 2 aromatic heterocycles. The van der Waals surface area contributed by atoms with E-state index in [2.05, 4.69) is 32.0 Å². The number of amides is 3. The van der Waals surface area contributed by atoms with Crippen LogP contribution in [0.5, 0.6) is 0 Å². The van der Waals surface area contributed by atoms with Crippen LogP contribution in [-0.2, 0) is 4.79 Å². The summed E-state index contributed by atoms with van der Waals surface area (Å²) in [4.78, 5) is 32.1. The van der Waals surface area contributed by atoms with Crippen LogP contribution in [-0.4, -0.2) is 28.5 Å². The summed E-state index contributed by atoms with van der Waals surface area (Å²) in [5, 5.41) is 8.82. The van der Waals surface area contributed by atoms with Gasteiger partial charge in [0.05, 0.1) is 10.2 Å². The first-order valence-corrected chi connectivity index (χ1v) is 10.6. The fourth-order valence-corrected chi connectivity index (χ4v) is 4.22. The van der Waals surface area contributed by atoms with Gasteiger partial charge in [-0.1, -0.05) is 29.5 Å². The molecule has 3 amide bonds. The summed E-state index contributed by atoms with van der Waals surface area (Å²) in [6.07, 6.45) is 3.55. The molecule has 7 nitrogen and oxygen atoms in total. The number of thiazole rings is 1. The van der Waals surface area contributed by atoms with Crippen LogP contribution in [0, 0.1) is 0 Å². The number of carbonyl (C=O) groups excluding carboxylic acids is 2. The number of nitrogens with one attached hydrogen (secondary N) is 3. The molecule has 156 valence electrons. The molecular formula is C23H21N5O2S. The fraction of sp³-hybridized carbons (Fsp3) is 0.130. The molecule has 0 atom stereocenters. The Morgan fingerprint density at radius 3 is 2.48 bits per heavy atom. The molecule has 31 heavy (non-hydrogen) atoms. The molecule has 4 aromatic rings. The summed E-state index contributed by atoms with van der Waals surface area (Å²) < 4.78 is 0.971. The first-order valence-electron chi connectivity index (χ1n) is 9.81. The van der Waals surface area contributed by atoms with Crippen molar-refractivity contribution in [2.45, 2.75) is 13.8 Å². The summed E-state index contributed by atoms with van der Waals surface area (Å²) >= 11 is 1.43. The lowest BCUT2D eigenvalue weighted by molar-refractivity contribution is -0.114. The van der Waals surface area contributed by atoms with Crippen molar-refractivity contribution >= 4 is 44.3 Å². The minimum atomic E-state index is -0.279. The van der Waals surface area contributed by atoms with Crippen molar-refractivity contribution < 1.29 is 9.59 Å². The number of hydrogen-bond donors (Lipinski definition) is 3. The molecule has 0 bridgehead atoms. The Hall–Kier alpha value is -3.78. The first kappa shape index (κ1) is 20.5. The first-order chi connectivity index (χ1) is 15.0. The van der Waals surface area contributed by atoms with Gasteiger partial charge in [-0.3, -0.25) is 15.1 Å². The van der Waals surface area contributed by atoms with Gasteiger partial charge in [0.15, 0.2) is 5.13 Å². The van der Waals surface area contributed by atoms with Crippen LogP contribution in [0.15, 0.2) is 60.9 Å². The number of benzene rings is 2. The number of rotatable bonds is 5. The van der Waals surface area contributed by atoms with Crippen molar-refractivity contribution in [1.29, 1.82) is 0 Å². The molecule has 4 rings (SSSR count). The topological polar surface area (TPSA) is 96.0 Å². The fourth-order valence-electron chi connectivity index (χ4n) is 3.24. The average molecular weight is 432 g/mol. The second-order valence-electron chi connectivity index (χ2n) is 6.88. The van der Waals surface area contributed by atoms with Crippen molar-refractivity contribution in [3.63, 3.8) is 0 Å². The van der Waals surface area contributed by atoms with Gasteiger partial charge >= 0.3 is 6.03 Å². The third-order valence-electron chi connectivity index (χ3n) is 4.56. The Morgan fingerprint density at radius 2 is 1.81 bits per heavy atom. The standard InChI is InChI=1S/C23H21N5O2S/c1-3-25-22(30)28-23-27-20-12-17(15-6-8-18(9-7-15)26-14(2)29)11-19(21(20)31-23)16-5-4-10-24-13-16/h4-13H,3H2,1-2H3,(H,26,29)(H2,25,27,28,30). The molecule has 0 aliphatic carbocycles. The Balaban J connectivity index is 1.79. The second-order valence-corrected chi connectivity index (χ2v) is 7.87. The number of fused-ring (bicyclic) bond motifs is 1. The van der Waals surface area contributed by atoms with E-state index in [0.717, 1.165) is 38.2 Å². The highest BCUT2D eigenvalue weighted by molar-refractivity contribution is 7.22. The molecule has 0 fully saturated rings. The smallest absolute Gasteiger partial charge is 0.321 e. The number of nitrogens with zero attached hydrogens (tertiary/aromatic N) is 2. The minimum Gasteiger partial charge on any atom is -0.338 e. The lowest BCUT2D eigenvalue weighted by atomic mass is 9.99. The molecule has 0 spiro atoms. The summed E-state index contributed by atoms with van der Waals surface area (Å²) in [5.41, 5.74) is 5.47. The van der Waals surface area contributed by atoms with Crippen LogP contribution >= 0.6 is 11.3 Å². The van der Waals surface area contributed by atoms with Gasteiger partial charge in [-0.25, -0.2) is 9.78 Å². The van der Waals surface area contributed by atoms with Crippen LogP contribution in [0.25, 0.3) is 32.5 Å². The van der Waals surface area contributed by atoms with E-state index in [-0.39, 0.29) is 11.9 Å². The lowest BCUT2D eigenvalue weighted by Crippen LogP contribution is -2.28. The predicted octanol–water partition coefficient (Wildman–Crippen LogP) is 5.13. The van der Waals surface area contributed by atoms with Crippen LogP contribution in [0.1, 0.15) is 13.8 Å². The average Bonchev–Trinajstić information content (AvgIpc) is 3.16. The van der Waals surface area contributed by atoms with E-state index >= 15 is 0 Å². The van der Waals surface area contributed by atoms with Gasteiger partial charge < -0.3 is 10.6 Å². The van der Waals surface area contributed by atoms with Crippen LogP contribution in [0.3, 0.4) is 0 Å².